The van der Waals surface area contributed by atoms with Gasteiger partial charge in [0.15, 0.2) is 0 Å². The van der Waals surface area contributed by atoms with Crippen LogP contribution in [0.4, 0.5) is 0 Å². The molecule has 1 spiro atoms. The number of hydrogen-bond acceptors (Lipinski definition) is 3. The van der Waals surface area contributed by atoms with E-state index >= 15 is 0 Å². The van der Waals surface area contributed by atoms with Crippen molar-refractivity contribution in [1.82, 2.24) is 9.97 Å². The SMILES string of the molecule is Cc1nc(Cl)nc2c1CC1(CCCCC1)S2. The number of nitrogens with zero attached hydrogens (tertiary/aromatic N) is 2. The predicted octanol–water partition coefficient (Wildman–Crippen LogP) is 3.79. The molecule has 0 N–H and O–H groups in total. The van der Waals surface area contributed by atoms with Gasteiger partial charge in [-0.05, 0) is 37.8 Å². The second-order valence-electron chi connectivity index (χ2n) is 4.88. The average Bonchev–Trinajstić information content (AvgIpc) is 2.57. The maximum Gasteiger partial charge on any atom is 0.223 e. The molecule has 0 bridgehead atoms. The van der Waals surface area contributed by atoms with Crippen molar-refractivity contribution >= 4 is 23.4 Å². The minimum atomic E-state index is 0.400. The topological polar surface area (TPSA) is 25.8 Å². The van der Waals surface area contributed by atoms with E-state index < -0.39 is 0 Å². The molecule has 1 fully saturated rings. The molecule has 2 aliphatic rings. The van der Waals surface area contributed by atoms with Crippen LogP contribution in [0.25, 0.3) is 0 Å². The van der Waals surface area contributed by atoms with Gasteiger partial charge in [-0.1, -0.05) is 31.0 Å². The van der Waals surface area contributed by atoms with E-state index in [1.807, 2.05) is 11.8 Å². The number of thioether (sulfide) groups is 1. The van der Waals surface area contributed by atoms with Crippen LogP contribution in [0.2, 0.25) is 5.28 Å². The molecule has 1 saturated carbocycles. The zero-order valence-corrected chi connectivity index (χ0v) is 11.0. The van der Waals surface area contributed by atoms with Crippen LogP contribution >= 0.6 is 23.4 Å². The number of hydrogen-bond donors (Lipinski definition) is 0. The summed E-state index contributed by atoms with van der Waals surface area (Å²) >= 11 is 7.87. The molecule has 4 heteroatoms. The lowest BCUT2D eigenvalue weighted by Gasteiger charge is -2.31. The molecule has 0 unspecified atom stereocenters. The average molecular weight is 255 g/mol. The van der Waals surface area contributed by atoms with Crippen LogP contribution in [0, 0.1) is 6.92 Å². The highest BCUT2D eigenvalue weighted by Crippen LogP contribution is 2.52. The van der Waals surface area contributed by atoms with Crippen molar-refractivity contribution in [3.63, 3.8) is 0 Å². The van der Waals surface area contributed by atoms with Gasteiger partial charge in [-0.3, -0.25) is 0 Å². The summed E-state index contributed by atoms with van der Waals surface area (Å²) in [5.74, 6) is 0. The number of aryl methyl sites for hydroxylation is 1. The second-order valence-corrected chi connectivity index (χ2v) is 6.68. The Morgan fingerprint density at radius 2 is 1.94 bits per heavy atom. The lowest BCUT2D eigenvalue weighted by atomic mass is 9.84. The molecule has 2 heterocycles. The summed E-state index contributed by atoms with van der Waals surface area (Å²) in [6, 6.07) is 0. The fraction of sp³-hybridized carbons (Fsp3) is 0.667. The van der Waals surface area contributed by atoms with Crippen molar-refractivity contribution in [3.05, 3.63) is 16.5 Å². The maximum atomic E-state index is 5.92. The van der Waals surface area contributed by atoms with E-state index in [9.17, 15) is 0 Å². The number of fused-ring (bicyclic) bond motifs is 1. The van der Waals surface area contributed by atoms with Crippen LogP contribution < -0.4 is 0 Å². The Bertz CT molecular complexity index is 427. The van der Waals surface area contributed by atoms with Crippen molar-refractivity contribution in [2.45, 2.75) is 55.2 Å². The minimum absolute atomic E-state index is 0.400. The van der Waals surface area contributed by atoms with Gasteiger partial charge in [-0.25, -0.2) is 9.97 Å². The molecular weight excluding hydrogens is 240 g/mol. The lowest BCUT2D eigenvalue weighted by molar-refractivity contribution is 0.400. The third-order valence-corrected chi connectivity index (χ3v) is 5.41. The number of aromatic nitrogens is 2. The summed E-state index contributed by atoms with van der Waals surface area (Å²) in [7, 11) is 0. The Labute approximate surface area is 105 Å². The molecule has 86 valence electrons. The third-order valence-electron chi connectivity index (χ3n) is 3.73. The largest absolute Gasteiger partial charge is 0.223 e. The smallest absolute Gasteiger partial charge is 0.223 e. The van der Waals surface area contributed by atoms with Crippen molar-refractivity contribution in [2.75, 3.05) is 0 Å². The summed E-state index contributed by atoms with van der Waals surface area (Å²) in [4.78, 5) is 8.65. The van der Waals surface area contributed by atoms with Gasteiger partial charge in [0.1, 0.15) is 5.03 Å². The third kappa shape index (κ3) is 1.74. The molecule has 1 aliphatic carbocycles. The van der Waals surface area contributed by atoms with E-state index in [1.165, 1.54) is 37.7 Å². The van der Waals surface area contributed by atoms with E-state index in [0.717, 1.165) is 17.1 Å². The molecule has 0 atom stereocenters. The first-order valence-electron chi connectivity index (χ1n) is 5.91. The molecule has 1 aromatic rings. The standard InChI is InChI=1S/C12H15ClN2S/c1-8-9-7-12(5-3-2-4-6-12)16-10(9)15-11(13)14-8/h2-7H2,1H3. The Hall–Kier alpha value is -0.280. The van der Waals surface area contributed by atoms with Crippen molar-refractivity contribution < 1.29 is 0 Å². The van der Waals surface area contributed by atoms with Crippen LogP contribution in [0.15, 0.2) is 5.03 Å². The van der Waals surface area contributed by atoms with E-state index in [1.54, 1.807) is 0 Å². The van der Waals surface area contributed by atoms with Crippen LogP contribution in [0.5, 0.6) is 0 Å². The first kappa shape index (κ1) is 10.8. The van der Waals surface area contributed by atoms with Crippen LogP contribution in [0.3, 0.4) is 0 Å². The first-order chi connectivity index (χ1) is 7.69. The molecule has 3 rings (SSSR count). The zero-order chi connectivity index (χ0) is 11.2. The van der Waals surface area contributed by atoms with Gasteiger partial charge < -0.3 is 0 Å². The Balaban J connectivity index is 1.96. The molecule has 2 nitrogen and oxygen atoms in total. The van der Waals surface area contributed by atoms with Gasteiger partial charge in [0.05, 0.1) is 0 Å². The predicted molar refractivity (Wildman–Crippen MR) is 67.2 cm³/mol. The summed E-state index contributed by atoms with van der Waals surface area (Å²) in [5, 5.41) is 1.54. The highest BCUT2D eigenvalue weighted by atomic mass is 35.5. The Kier molecular flexibility index (Phi) is 2.63. The minimum Gasteiger partial charge on any atom is -0.223 e. The lowest BCUT2D eigenvalue weighted by Crippen LogP contribution is -2.26. The molecule has 0 radical (unpaired) electrons. The number of rotatable bonds is 0. The van der Waals surface area contributed by atoms with E-state index in [-0.39, 0.29) is 0 Å². The highest BCUT2D eigenvalue weighted by molar-refractivity contribution is 8.01. The number of halogens is 1. The summed E-state index contributed by atoms with van der Waals surface area (Å²) in [5.41, 5.74) is 2.42. The Morgan fingerprint density at radius 3 is 2.69 bits per heavy atom. The van der Waals surface area contributed by atoms with Crippen LogP contribution in [0.1, 0.15) is 43.4 Å². The summed E-state index contributed by atoms with van der Waals surface area (Å²) in [6.45, 7) is 2.05. The highest BCUT2D eigenvalue weighted by Gasteiger charge is 2.41. The van der Waals surface area contributed by atoms with Crippen molar-refractivity contribution in [1.29, 1.82) is 0 Å². The summed E-state index contributed by atoms with van der Waals surface area (Å²) in [6.07, 6.45) is 7.92. The maximum absolute atomic E-state index is 5.92. The zero-order valence-electron chi connectivity index (χ0n) is 9.42. The normalized spacial score (nSPS) is 22.4. The van der Waals surface area contributed by atoms with Crippen LogP contribution in [-0.4, -0.2) is 14.7 Å². The molecule has 0 aromatic carbocycles. The van der Waals surface area contributed by atoms with Gasteiger partial charge in [-0.15, -0.1) is 0 Å². The monoisotopic (exact) mass is 254 g/mol. The van der Waals surface area contributed by atoms with E-state index in [0.29, 0.717) is 10.0 Å². The fourth-order valence-corrected chi connectivity index (χ4v) is 4.72. The van der Waals surface area contributed by atoms with Crippen molar-refractivity contribution in [3.8, 4) is 0 Å². The molecule has 1 aliphatic heterocycles. The fourth-order valence-electron chi connectivity index (χ4n) is 2.86. The van der Waals surface area contributed by atoms with Crippen LogP contribution in [-0.2, 0) is 6.42 Å². The first-order valence-corrected chi connectivity index (χ1v) is 7.10. The van der Waals surface area contributed by atoms with E-state index in [4.69, 9.17) is 11.6 Å². The molecule has 16 heavy (non-hydrogen) atoms. The van der Waals surface area contributed by atoms with Gasteiger partial charge in [0, 0.05) is 16.0 Å². The molecule has 0 saturated heterocycles. The second kappa shape index (κ2) is 3.88. The van der Waals surface area contributed by atoms with E-state index in [2.05, 4.69) is 16.9 Å². The van der Waals surface area contributed by atoms with Gasteiger partial charge in [0.2, 0.25) is 5.28 Å². The van der Waals surface area contributed by atoms with Gasteiger partial charge >= 0.3 is 0 Å². The molecule has 1 aromatic heterocycles. The molecule has 0 amide bonds. The van der Waals surface area contributed by atoms with Gasteiger partial charge in [0.25, 0.3) is 0 Å². The van der Waals surface area contributed by atoms with Gasteiger partial charge in [-0.2, -0.15) is 0 Å². The Morgan fingerprint density at radius 1 is 1.19 bits per heavy atom. The summed E-state index contributed by atoms with van der Waals surface area (Å²) < 4.78 is 0.421. The van der Waals surface area contributed by atoms with Crippen molar-refractivity contribution in [2.24, 2.45) is 0 Å². The molecular formula is C12H15ClN2S. The quantitative estimate of drug-likeness (QED) is 0.520.